The Morgan fingerprint density at radius 1 is 1.16 bits per heavy atom. The summed E-state index contributed by atoms with van der Waals surface area (Å²) >= 11 is 6.21. The number of aromatic nitrogens is 5. The van der Waals surface area contributed by atoms with Crippen LogP contribution in [0.15, 0.2) is 79.3 Å². The van der Waals surface area contributed by atoms with Crippen LogP contribution in [0.5, 0.6) is 0 Å². The second-order valence-electron chi connectivity index (χ2n) is 9.75. The van der Waals surface area contributed by atoms with Gasteiger partial charge in [-0.1, -0.05) is 35.9 Å². The minimum Gasteiger partial charge on any atom is -0.469 e. The number of allylic oxidation sites excluding steroid dienone is 1. The molecule has 4 aromatic rings. The monoisotopic (exact) mass is 597 g/mol. The van der Waals surface area contributed by atoms with Gasteiger partial charge >= 0.3 is 5.97 Å². The van der Waals surface area contributed by atoms with Gasteiger partial charge in [0.05, 0.1) is 31.0 Å². The van der Waals surface area contributed by atoms with Crippen molar-refractivity contribution in [1.29, 1.82) is 0 Å². The zero-order chi connectivity index (χ0) is 30.2. The lowest BCUT2D eigenvalue weighted by atomic mass is 9.98. The van der Waals surface area contributed by atoms with E-state index in [4.69, 9.17) is 16.3 Å². The van der Waals surface area contributed by atoms with Gasteiger partial charge in [-0.25, -0.2) is 0 Å². The van der Waals surface area contributed by atoms with Crippen LogP contribution in [-0.2, 0) is 25.5 Å². The average Bonchev–Trinajstić information content (AvgIpc) is 3.54. The van der Waals surface area contributed by atoms with Crippen molar-refractivity contribution in [3.8, 4) is 16.8 Å². The Morgan fingerprint density at radius 3 is 2.86 bits per heavy atom. The Bertz CT molecular complexity index is 1700. The largest absolute Gasteiger partial charge is 0.469 e. The smallest absolute Gasteiger partial charge is 0.309 e. The van der Waals surface area contributed by atoms with Crippen LogP contribution in [0.25, 0.3) is 22.9 Å². The average molecular weight is 598 g/mol. The van der Waals surface area contributed by atoms with Crippen molar-refractivity contribution in [1.82, 2.24) is 30.5 Å². The fraction of sp³-hybridized carbons (Fsp3) is 0.194. The van der Waals surface area contributed by atoms with Crippen molar-refractivity contribution in [3.63, 3.8) is 0 Å². The summed E-state index contributed by atoms with van der Waals surface area (Å²) in [5, 5.41) is 17.8. The van der Waals surface area contributed by atoms with E-state index in [1.165, 1.54) is 24.2 Å². The molecule has 1 aliphatic rings. The molecule has 2 aromatic carbocycles. The first-order chi connectivity index (χ1) is 20.9. The maximum absolute atomic E-state index is 13.2. The lowest BCUT2D eigenvalue weighted by Gasteiger charge is -2.18. The predicted molar refractivity (Wildman–Crippen MR) is 161 cm³/mol. The third-order valence-electron chi connectivity index (χ3n) is 6.78. The van der Waals surface area contributed by atoms with E-state index in [9.17, 15) is 14.4 Å². The Hall–Kier alpha value is -5.16. The lowest BCUT2D eigenvalue weighted by molar-refractivity contribution is -0.139. The maximum atomic E-state index is 13.2. The summed E-state index contributed by atoms with van der Waals surface area (Å²) in [6.45, 7) is 0. The molecule has 5 rings (SSSR count). The zero-order valence-electron chi connectivity index (χ0n) is 23.2. The van der Waals surface area contributed by atoms with Crippen LogP contribution in [0, 0.1) is 0 Å². The number of hydrogen-bond acceptors (Lipinski definition) is 8. The molecule has 3 heterocycles. The van der Waals surface area contributed by atoms with Crippen LogP contribution in [-0.4, -0.2) is 50.1 Å². The number of hydrogen-bond donors (Lipinski definition) is 2. The highest BCUT2D eigenvalue weighted by atomic mass is 35.5. The molecule has 0 spiro atoms. The molecule has 0 aliphatic carbocycles. The molecule has 0 saturated carbocycles. The first-order valence-corrected chi connectivity index (χ1v) is 13.9. The van der Waals surface area contributed by atoms with Crippen LogP contribution in [0.3, 0.4) is 0 Å². The second-order valence-corrected chi connectivity index (χ2v) is 10.2. The third-order valence-corrected chi connectivity index (χ3v) is 7.01. The molecule has 0 radical (unpaired) electrons. The number of anilines is 1. The van der Waals surface area contributed by atoms with Crippen LogP contribution in [0.2, 0.25) is 5.02 Å². The van der Waals surface area contributed by atoms with Gasteiger partial charge in [0.25, 0.3) is 0 Å². The van der Waals surface area contributed by atoms with Gasteiger partial charge in [0.2, 0.25) is 11.8 Å². The predicted octanol–water partition coefficient (Wildman–Crippen LogP) is 4.64. The minimum atomic E-state index is -0.446. The number of methoxy groups -OCH3 is 1. The number of carbonyl (C=O) groups excluding carboxylic acids is 3. The summed E-state index contributed by atoms with van der Waals surface area (Å²) in [5.74, 6) is -0.851. The van der Waals surface area contributed by atoms with E-state index in [0.29, 0.717) is 46.1 Å². The molecule has 0 unspecified atom stereocenters. The summed E-state index contributed by atoms with van der Waals surface area (Å²) in [6, 6.07) is 13.9. The number of benzene rings is 2. The van der Waals surface area contributed by atoms with Gasteiger partial charge < -0.3 is 15.4 Å². The third kappa shape index (κ3) is 7.57. The first kappa shape index (κ1) is 29.3. The Morgan fingerprint density at radius 2 is 2.05 bits per heavy atom. The van der Waals surface area contributed by atoms with E-state index in [1.54, 1.807) is 36.5 Å². The van der Waals surface area contributed by atoms with E-state index < -0.39 is 6.04 Å². The highest BCUT2D eigenvalue weighted by Gasteiger charge is 2.18. The Balaban J connectivity index is 1.43. The SMILES string of the molecule is COC(=O)Cc1ccc2c(c1)NC(=O)CC/C=C/C[C@H](NC(=O)/C=C/c1cc(Cl)ccc1-n1cnnn1)c1cc-2ccn1. The number of halogens is 1. The summed E-state index contributed by atoms with van der Waals surface area (Å²) in [7, 11) is 1.34. The van der Waals surface area contributed by atoms with Gasteiger partial charge in [-0.2, -0.15) is 4.68 Å². The molecule has 2 bridgehead atoms. The van der Waals surface area contributed by atoms with Crippen LogP contribution < -0.4 is 10.6 Å². The second kappa shape index (κ2) is 13.7. The normalized spacial score (nSPS) is 15.8. The molecule has 1 aliphatic heterocycles. The molecule has 2 aromatic heterocycles. The van der Waals surface area contributed by atoms with Crippen molar-refractivity contribution in [2.45, 2.75) is 31.7 Å². The summed E-state index contributed by atoms with van der Waals surface area (Å²) in [6.07, 6.45) is 11.4. The first-order valence-electron chi connectivity index (χ1n) is 13.5. The number of amides is 2. The fourth-order valence-corrected chi connectivity index (χ4v) is 4.84. The number of esters is 1. The van der Waals surface area contributed by atoms with Crippen LogP contribution in [0.4, 0.5) is 5.69 Å². The van der Waals surface area contributed by atoms with Crippen molar-refractivity contribution in [2.75, 3.05) is 12.4 Å². The van der Waals surface area contributed by atoms with Gasteiger partial charge in [0.15, 0.2) is 0 Å². The quantitative estimate of drug-likeness (QED) is 0.186. The molecule has 43 heavy (non-hydrogen) atoms. The number of rotatable bonds is 6. The van der Waals surface area contributed by atoms with Crippen molar-refractivity contribution in [2.24, 2.45) is 0 Å². The maximum Gasteiger partial charge on any atom is 0.309 e. The number of nitrogens with one attached hydrogen (secondary N) is 2. The summed E-state index contributed by atoms with van der Waals surface area (Å²) < 4.78 is 6.28. The molecule has 0 saturated heterocycles. The van der Waals surface area contributed by atoms with Crippen LogP contribution in [0.1, 0.15) is 42.1 Å². The fourth-order valence-electron chi connectivity index (χ4n) is 4.66. The van der Waals surface area contributed by atoms with Gasteiger partial charge in [-0.15, -0.1) is 5.10 Å². The molecular formula is C31H28ClN7O4. The number of carbonyl (C=O) groups is 3. The number of tetrazole rings is 1. The van der Waals surface area contributed by atoms with Crippen molar-refractivity contribution >= 4 is 41.1 Å². The van der Waals surface area contributed by atoms with Crippen molar-refractivity contribution in [3.05, 3.63) is 101 Å². The van der Waals surface area contributed by atoms with Crippen LogP contribution >= 0.6 is 11.6 Å². The summed E-state index contributed by atoms with van der Waals surface area (Å²) in [4.78, 5) is 42.3. The van der Waals surface area contributed by atoms with Gasteiger partial charge in [-0.3, -0.25) is 19.4 Å². The molecule has 2 N–H and O–H groups in total. The molecule has 218 valence electrons. The number of nitrogens with zero attached hydrogens (tertiary/aromatic N) is 5. The zero-order valence-corrected chi connectivity index (χ0v) is 24.0. The number of pyridine rings is 1. The van der Waals surface area contributed by atoms with E-state index in [2.05, 4.69) is 31.1 Å². The number of ether oxygens (including phenoxy) is 1. The van der Waals surface area contributed by atoms with E-state index in [1.807, 2.05) is 36.4 Å². The van der Waals surface area contributed by atoms with Gasteiger partial charge in [0, 0.05) is 40.5 Å². The molecule has 1 atom stereocenters. The standard InChI is InChI=1S/C31H28ClN7O4/c1-43-31(42)16-20-7-10-24-21-13-14-33-27(18-21)25(5-3-2-4-6-29(40)36-26(24)15-20)35-30(41)12-8-22-17-23(32)9-11-28(22)39-19-34-37-38-39/h2-3,7-15,17-19,25H,4-6,16H2,1H3,(H,35,41)(H,36,40)/b3-2+,12-8+/t25-/m0/s1. The lowest BCUT2D eigenvalue weighted by Crippen LogP contribution is -2.27. The Kier molecular flexibility index (Phi) is 9.33. The minimum absolute atomic E-state index is 0.0814. The highest BCUT2D eigenvalue weighted by molar-refractivity contribution is 6.30. The summed E-state index contributed by atoms with van der Waals surface area (Å²) in [5.41, 5.74) is 4.82. The molecule has 0 fully saturated rings. The van der Waals surface area contributed by atoms with Gasteiger partial charge in [-0.05, 0) is 76.9 Å². The molecule has 12 heteroatoms. The Labute approximate surface area is 252 Å². The molecular weight excluding hydrogens is 570 g/mol. The van der Waals surface area contributed by atoms with Crippen molar-refractivity contribution < 1.29 is 19.1 Å². The van der Waals surface area contributed by atoms with E-state index in [-0.39, 0.29) is 30.6 Å². The highest BCUT2D eigenvalue weighted by Crippen LogP contribution is 2.32. The molecule has 11 nitrogen and oxygen atoms in total. The number of fused-ring (bicyclic) bond motifs is 4. The topological polar surface area (TPSA) is 141 Å². The molecule has 2 amide bonds. The van der Waals surface area contributed by atoms with Gasteiger partial charge in [0.1, 0.15) is 6.33 Å². The van der Waals surface area contributed by atoms with E-state index in [0.717, 1.165) is 11.1 Å². The van der Waals surface area contributed by atoms with E-state index >= 15 is 0 Å².